The summed E-state index contributed by atoms with van der Waals surface area (Å²) in [6.07, 6.45) is 0.960. The Bertz CT molecular complexity index is 546. The highest BCUT2D eigenvalue weighted by molar-refractivity contribution is 5.78. The summed E-state index contributed by atoms with van der Waals surface area (Å²) < 4.78 is 0. The molecule has 1 heterocycles. The minimum Gasteiger partial charge on any atom is -0.481 e. The van der Waals surface area contributed by atoms with Gasteiger partial charge in [0.25, 0.3) is 0 Å². The van der Waals surface area contributed by atoms with Crippen molar-refractivity contribution in [1.29, 1.82) is 0 Å². The monoisotopic (exact) mass is 288 g/mol. The number of carboxylic acids is 1. The summed E-state index contributed by atoms with van der Waals surface area (Å²) in [6, 6.07) is 10.2. The molecule has 2 amide bonds. The standard InChI is InChI=1S/C16H20N2O3/c1-10-8-18(9-13(10)15(19)20)16(21)17-14-7-12(14)11-5-3-2-4-6-11/h2-6,10,12-14H,7-9H2,1H3,(H,17,21)(H,19,20). The van der Waals surface area contributed by atoms with Crippen LogP contribution in [0.2, 0.25) is 0 Å². The Morgan fingerprint density at radius 2 is 1.95 bits per heavy atom. The molecule has 2 N–H and O–H groups in total. The average molecular weight is 288 g/mol. The Morgan fingerprint density at radius 3 is 2.57 bits per heavy atom. The molecule has 5 nitrogen and oxygen atoms in total. The average Bonchev–Trinajstić information content (AvgIpc) is 3.11. The van der Waals surface area contributed by atoms with Crippen molar-refractivity contribution in [2.75, 3.05) is 13.1 Å². The number of urea groups is 1. The van der Waals surface area contributed by atoms with Crippen molar-refractivity contribution in [1.82, 2.24) is 10.2 Å². The maximum atomic E-state index is 12.2. The molecule has 1 saturated heterocycles. The number of carboxylic acid groups (broad SMARTS) is 1. The van der Waals surface area contributed by atoms with E-state index in [4.69, 9.17) is 5.11 Å². The molecule has 1 aliphatic heterocycles. The van der Waals surface area contributed by atoms with E-state index in [1.807, 2.05) is 25.1 Å². The van der Waals surface area contributed by atoms with Crippen LogP contribution in [0.1, 0.15) is 24.8 Å². The summed E-state index contributed by atoms with van der Waals surface area (Å²) >= 11 is 0. The lowest BCUT2D eigenvalue weighted by molar-refractivity contribution is -0.142. The molecular weight excluding hydrogens is 268 g/mol. The first-order valence-corrected chi connectivity index (χ1v) is 7.39. The minimum absolute atomic E-state index is 0.0115. The van der Waals surface area contributed by atoms with Crippen LogP contribution in [0.5, 0.6) is 0 Å². The van der Waals surface area contributed by atoms with Crippen molar-refractivity contribution >= 4 is 12.0 Å². The minimum atomic E-state index is -0.814. The first-order valence-electron chi connectivity index (χ1n) is 7.39. The molecule has 2 aliphatic rings. The zero-order valence-electron chi connectivity index (χ0n) is 12.0. The molecule has 1 aromatic carbocycles. The van der Waals surface area contributed by atoms with E-state index in [0.717, 1.165) is 6.42 Å². The first kappa shape index (κ1) is 13.9. The van der Waals surface area contributed by atoms with Crippen molar-refractivity contribution in [3.05, 3.63) is 35.9 Å². The van der Waals surface area contributed by atoms with Gasteiger partial charge in [-0.3, -0.25) is 4.79 Å². The number of carbonyl (C=O) groups is 2. The number of likely N-dealkylation sites (tertiary alicyclic amines) is 1. The van der Waals surface area contributed by atoms with Crippen LogP contribution in [-0.2, 0) is 4.79 Å². The van der Waals surface area contributed by atoms with Crippen LogP contribution < -0.4 is 5.32 Å². The lowest BCUT2D eigenvalue weighted by Crippen LogP contribution is -2.40. The normalized spacial score (nSPS) is 31.0. The summed E-state index contributed by atoms with van der Waals surface area (Å²) in [5.41, 5.74) is 1.25. The zero-order chi connectivity index (χ0) is 15.0. The van der Waals surface area contributed by atoms with Gasteiger partial charge in [-0.05, 0) is 17.9 Å². The molecular formula is C16H20N2O3. The van der Waals surface area contributed by atoms with Crippen molar-refractivity contribution < 1.29 is 14.7 Å². The second kappa shape index (κ2) is 5.39. The Morgan fingerprint density at radius 1 is 1.24 bits per heavy atom. The molecule has 1 saturated carbocycles. The number of nitrogens with zero attached hydrogens (tertiary/aromatic N) is 1. The Hall–Kier alpha value is -2.04. The lowest BCUT2D eigenvalue weighted by Gasteiger charge is -2.17. The number of benzene rings is 1. The van der Waals surface area contributed by atoms with Gasteiger partial charge in [0, 0.05) is 25.0 Å². The van der Waals surface area contributed by atoms with Gasteiger partial charge >= 0.3 is 12.0 Å². The van der Waals surface area contributed by atoms with E-state index in [1.165, 1.54) is 5.56 Å². The van der Waals surface area contributed by atoms with Crippen LogP contribution in [-0.4, -0.2) is 41.1 Å². The van der Waals surface area contributed by atoms with Crippen LogP contribution in [0.25, 0.3) is 0 Å². The third-order valence-corrected chi connectivity index (χ3v) is 4.54. The third kappa shape index (κ3) is 2.86. The van der Waals surface area contributed by atoms with Crippen LogP contribution in [0, 0.1) is 11.8 Å². The van der Waals surface area contributed by atoms with Crippen LogP contribution in [0.3, 0.4) is 0 Å². The molecule has 4 unspecified atom stereocenters. The molecule has 2 fully saturated rings. The van der Waals surface area contributed by atoms with E-state index in [-0.39, 0.29) is 18.0 Å². The summed E-state index contributed by atoms with van der Waals surface area (Å²) in [5.74, 6) is -0.853. The van der Waals surface area contributed by atoms with E-state index in [0.29, 0.717) is 19.0 Å². The summed E-state index contributed by atoms with van der Waals surface area (Å²) in [5, 5.41) is 12.1. The van der Waals surface area contributed by atoms with Crippen molar-refractivity contribution in [2.45, 2.75) is 25.3 Å². The van der Waals surface area contributed by atoms with Gasteiger partial charge in [0.1, 0.15) is 0 Å². The van der Waals surface area contributed by atoms with Gasteiger partial charge in [-0.25, -0.2) is 4.79 Å². The Balaban J connectivity index is 1.53. The van der Waals surface area contributed by atoms with Crippen LogP contribution in [0.4, 0.5) is 4.79 Å². The fourth-order valence-corrected chi connectivity index (χ4v) is 3.13. The molecule has 1 aliphatic carbocycles. The van der Waals surface area contributed by atoms with E-state index in [9.17, 15) is 9.59 Å². The highest BCUT2D eigenvalue weighted by Crippen LogP contribution is 2.40. The molecule has 5 heteroatoms. The molecule has 0 radical (unpaired) electrons. The van der Waals surface area contributed by atoms with Gasteiger partial charge in [0.05, 0.1) is 5.92 Å². The topological polar surface area (TPSA) is 69.6 Å². The van der Waals surface area contributed by atoms with Crippen LogP contribution >= 0.6 is 0 Å². The summed E-state index contributed by atoms with van der Waals surface area (Å²) in [6.45, 7) is 2.71. The number of nitrogens with one attached hydrogen (secondary N) is 1. The SMILES string of the molecule is CC1CN(C(=O)NC2CC2c2ccccc2)CC1C(=O)O. The van der Waals surface area contributed by atoms with E-state index >= 15 is 0 Å². The molecule has 3 rings (SSSR count). The maximum absolute atomic E-state index is 12.2. The Labute approximate surface area is 123 Å². The van der Waals surface area contributed by atoms with Gasteiger partial charge in [-0.2, -0.15) is 0 Å². The van der Waals surface area contributed by atoms with Gasteiger partial charge < -0.3 is 15.3 Å². The molecule has 0 aromatic heterocycles. The summed E-state index contributed by atoms with van der Waals surface area (Å²) in [4.78, 5) is 24.9. The van der Waals surface area contributed by atoms with Crippen LogP contribution in [0.15, 0.2) is 30.3 Å². The molecule has 21 heavy (non-hydrogen) atoms. The predicted molar refractivity (Wildman–Crippen MR) is 78.0 cm³/mol. The number of hydrogen-bond donors (Lipinski definition) is 2. The maximum Gasteiger partial charge on any atom is 0.317 e. The third-order valence-electron chi connectivity index (χ3n) is 4.54. The van der Waals surface area contributed by atoms with Gasteiger partial charge in [0.2, 0.25) is 0 Å². The van der Waals surface area contributed by atoms with E-state index in [1.54, 1.807) is 4.90 Å². The smallest absolute Gasteiger partial charge is 0.317 e. The molecule has 112 valence electrons. The highest BCUT2D eigenvalue weighted by Gasteiger charge is 2.42. The quantitative estimate of drug-likeness (QED) is 0.892. The zero-order valence-corrected chi connectivity index (χ0v) is 12.0. The largest absolute Gasteiger partial charge is 0.481 e. The molecule has 0 bridgehead atoms. The fraction of sp³-hybridized carbons (Fsp3) is 0.500. The first-order chi connectivity index (χ1) is 10.1. The molecule has 0 spiro atoms. The Kier molecular flexibility index (Phi) is 3.57. The van der Waals surface area contributed by atoms with Gasteiger partial charge in [-0.15, -0.1) is 0 Å². The number of rotatable bonds is 3. The summed E-state index contributed by atoms with van der Waals surface area (Å²) in [7, 11) is 0. The van der Waals surface area contributed by atoms with E-state index in [2.05, 4.69) is 17.4 Å². The number of carbonyl (C=O) groups excluding carboxylic acids is 1. The lowest BCUT2D eigenvalue weighted by atomic mass is 9.99. The molecule has 1 aromatic rings. The fourth-order valence-electron chi connectivity index (χ4n) is 3.13. The number of amides is 2. The van der Waals surface area contributed by atoms with E-state index < -0.39 is 11.9 Å². The number of aliphatic carboxylic acids is 1. The van der Waals surface area contributed by atoms with Gasteiger partial charge in [-0.1, -0.05) is 37.3 Å². The highest BCUT2D eigenvalue weighted by atomic mass is 16.4. The second-order valence-corrected chi connectivity index (χ2v) is 6.14. The number of hydrogen-bond acceptors (Lipinski definition) is 2. The van der Waals surface area contributed by atoms with Crippen molar-refractivity contribution in [3.8, 4) is 0 Å². The predicted octanol–water partition coefficient (Wildman–Crippen LogP) is 1.90. The molecule has 4 atom stereocenters. The second-order valence-electron chi connectivity index (χ2n) is 6.14. The van der Waals surface area contributed by atoms with Crippen molar-refractivity contribution in [3.63, 3.8) is 0 Å². The van der Waals surface area contributed by atoms with Crippen molar-refractivity contribution in [2.24, 2.45) is 11.8 Å². The van der Waals surface area contributed by atoms with Gasteiger partial charge in [0.15, 0.2) is 0 Å².